The molecule has 1 unspecified atom stereocenters. The van der Waals surface area contributed by atoms with E-state index >= 15 is 0 Å². The van der Waals surface area contributed by atoms with Gasteiger partial charge >= 0.3 is 0 Å². The van der Waals surface area contributed by atoms with Crippen LogP contribution in [-0.2, 0) is 4.74 Å². The molecule has 0 spiro atoms. The van der Waals surface area contributed by atoms with E-state index in [9.17, 15) is 4.39 Å². The highest BCUT2D eigenvalue weighted by molar-refractivity contribution is 5.79. The molecule has 1 atom stereocenters. The Hall–Kier alpha value is -1.70. The number of likely N-dealkylation sites (tertiary alicyclic amines) is 1. The highest BCUT2D eigenvalue weighted by Crippen LogP contribution is 2.21. The molecular weight excluding hydrogens is 393 g/mol. The van der Waals surface area contributed by atoms with E-state index in [1.807, 2.05) is 19.2 Å². The zero-order valence-corrected chi connectivity index (χ0v) is 19.3. The van der Waals surface area contributed by atoms with Crippen LogP contribution in [0.2, 0.25) is 0 Å². The van der Waals surface area contributed by atoms with Gasteiger partial charge in [-0.3, -0.25) is 9.89 Å². The number of hydrogen-bond acceptors (Lipinski definition) is 4. The minimum Gasteiger partial charge on any atom is -0.379 e. The van der Waals surface area contributed by atoms with E-state index in [1.165, 1.54) is 38.9 Å². The third-order valence-corrected chi connectivity index (χ3v) is 6.50. The first-order chi connectivity index (χ1) is 15.2. The van der Waals surface area contributed by atoms with Gasteiger partial charge in [-0.1, -0.05) is 19.1 Å². The number of piperidine rings is 1. The first-order valence-corrected chi connectivity index (χ1v) is 11.9. The van der Waals surface area contributed by atoms with Crippen LogP contribution in [0.1, 0.15) is 44.2 Å². The Morgan fingerprint density at radius 3 is 2.48 bits per heavy atom. The predicted molar refractivity (Wildman–Crippen MR) is 125 cm³/mol. The van der Waals surface area contributed by atoms with Gasteiger partial charge in [0.1, 0.15) is 5.82 Å². The molecule has 0 saturated carbocycles. The quantitative estimate of drug-likeness (QED) is 0.356. The Morgan fingerprint density at radius 1 is 1.10 bits per heavy atom. The zero-order chi connectivity index (χ0) is 21.9. The fourth-order valence-electron chi connectivity index (χ4n) is 4.40. The van der Waals surface area contributed by atoms with Crippen molar-refractivity contribution in [1.82, 2.24) is 20.4 Å². The average molecular weight is 434 g/mol. The van der Waals surface area contributed by atoms with Gasteiger partial charge in [-0.2, -0.15) is 0 Å². The topological polar surface area (TPSA) is 52.1 Å². The molecule has 0 amide bonds. The molecule has 6 nitrogen and oxygen atoms in total. The molecule has 1 aromatic carbocycles. The molecule has 0 radical (unpaired) electrons. The third kappa shape index (κ3) is 8.05. The summed E-state index contributed by atoms with van der Waals surface area (Å²) in [4.78, 5) is 9.39. The van der Waals surface area contributed by atoms with Gasteiger partial charge in [-0.05, 0) is 68.9 Å². The minimum atomic E-state index is -0.200. The van der Waals surface area contributed by atoms with Gasteiger partial charge in [0.2, 0.25) is 0 Å². The predicted octanol–water partition coefficient (Wildman–Crippen LogP) is 2.88. The highest BCUT2D eigenvalue weighted by atomic mass is 19.1. The summed E-state index contributed by atoms with van der Waals surface area (Å²) in [6.45, 7) is 10.9. The number of benzene rings is 1. The summed E-state index contributed by atoms with van der Waals surface area (Å²) in [5.41, 5.74) is 1.11. The first kappa shape index (κ1) is 24.0. The normalized spacial score (nSPS) is 20.5. The SMILES string of the molecule is CN=C(NCCCCN1CCC(C)CC1)NCC(c1ccc(F)cc1)N1CCOCC1. The van der Waals surface area contributed by atoms with Crippen LogP contribution in [0.15, 0.2) is 29.3 Å². The van der Waals surface area contributed by atoms with Crippen molar-refractivity contribution < 1.29 is 9.13 Å². The van der Waals surface area contributed by atoms with Crippen molar-refractivity contribution in [3.8, 4) is 0 Å². The highest BCUT2D eigenvalue weighted by Gasteiger charge is 2.23. The van der Waals surface area contributed by atoms with Crippen LogP contribution in [0.25, 0.3) is 0 Å². The van der Waals surface area contributed by atoms with Crippen LogP contribution >= 0.6 is 0 Å². The molecule has 0 aliphatic carbocycles. The molecule has 2 aliphatic rings. The average Bonchev–Trinajstić information content (AvgIpc) is 2.80. The Morgan fingerprint density at radius 2 is 1.81 bits per heavy atom. The van der Waals surface area contributed by atoms with E-state index in [1.54, 1.807) is 12.1 Å². The number of aliphatic imine (C=N–C) groups is 1. The van der Waals surface area contributed by atoms with Crippen LogP contribution in [-0.4, -0.2) is 81.8 Å². The second-order valence-corrected chi connectivity index (χ2v) is 8.83. The van der Waals surface area contributed by atoms with E-state index in [2.05, 4.69) is 32.3 Å². The Labute approximate surface area is 187 Å². The molecule has 2 heterocycles. The van der Waals surface area contributed by atoms with E-state index in [0.29, 0.717) is 0 Å². The molecule has 3 rings (SSSR count). The van der Waals surface area contributed by atoms with Crippen LogP contribution in [0.5, 0.6) is 0 Å². The number of ether oxygens (including phenoxy) is 1. The van der Waals surface area contributed by atoms with E-state index in [-0.39, 0.29) is 11.9 Å². The standard InChI is InChI=1S/C24H40FN5O/c1-20-9-13-29(14-10-20)12-4-3-11-27-24(26-2)28-19-23(30-15-17-31-18-16-30)21-5-7-22(25)8-6-21/h5-8,20,23H,3-4,9-19H2,1-2H3,(H2,26,27,28). The summed E-state index contributed by atoms with van der Waals surface area (Å²) in [5.74, 6) is 1.52. The number of halogens is 1. The number of hydrogen-bond donors (Lipinski definition) is 2. The molecule has 174 valence electrons. The fourth-order valence-corrected chi connectivity index (χ4v) is 4.40. The monoisotopic (exact) mass is 433 g/mol. The van der Waals surface area contributed by atoms with Crippen molar-refractivity contribution in [3.63, 3.8) is 0 Å². The molecule has 2 aliphatic heterocycles. The van der Waals surface area contributed by atoms with Gasteiger partial charge in [0.15, 0.2) is 5.96 Å². The van der Waals surface area contributed by atoms with Crippen molar-refractivity contribution in [1.29, 1.82) is 0 Å². The number of nitrogens with one attached hydrogen (secondary N) is 2. The lowest BCUT2D eigenvalue weighted by Crippen LogP contribution is -2.46. The largest absolute Gasteiger partial charge is 0.379 e. The van der Waals surface area contributed by atoms with Gasteiger partial charge in [-0.15, -0.1) is 0 Å². The lowest BCUT2D eigenvalue weighted by molar-refractivity contribution is 0.0170. The molecule has 0 bridgehead atoms. The van der Waals surface area contributed by atoms with Crippen molar-refractivity contribution >= 4 is 5.96 Å². The lowest BCUT2D eigenvalue weighted by Gasteiger charge is -2.35. The first-order valence-electron chi connectivity index (χ1n) is 11.9. The lowest BCUT2D eigenvalue weighted by atomic mass is 9.99. The van der Waals surface area contributed by atoms with Crippen LogP contribution in [0.3, 0.4) is 0 Å². The second kappa shape index (κ2) is 13.0. The second-order valence-electron chi connectivity index (χ2n) is 8.83. The van der Waals surface area contributed by atoms with Gasteiger partial charge in [0.05, 0.1) is 19.3 Å². The summed E-state index contributed by atoms with van der Waals surface area (Å²) < 4.78 is 18.9. The van der Waals surface area contributed by atoms with Gasteiger partial charge in [-0.25, -0.2) is 4.39 Å². The number of morpholine rings is 1. The van der Waals surface area contributed by atoms with E-state index in [4.69, 9.17) is 4.74 Å². The van der Waals surface area contributed by atoms with Gasteiger partial charge in [0.25, 0.3) is 0 Å². The number of guanidine groups is 1. The molecule has 7 heteroatoms. The van der Waals surface area contributed by atoms with Crippen molar-refractivity contribution in [3.05, 3.63) is 35.6 Å². The number of unbranched alkanes of at least 4 members (excludes halogenated alkanes) is 1. The summed E-state index contributed by atoms with van der Waals surface area (Å²) in [6.07, 6.45) is 5.03. The molecule has 1 aromatic rings. The van der Waals surface area contributed by atoms with Gasteiger partial charge in [0, 0.05) is 33.2 Å². The smallest absolute Gasteiger partial charge is 0.191 e. The number of rotatable bonds is 9. The maximum atomic E-state index is 13.4. The summed E-state index contributed by atoms with van der Waals surface area (Å²) in [5, 5.41) is 6.93. The molecule has 2 fully saturated rings. The Kier molecular flexibility index (Phi) is 10.0. The maximum absolute atomic E-state index is 13.4. The van der Waals surface area contributed by atoms with Crippen LogP contribution in [0.4, 0.5) is 4.39 Å². The molecule has 0 aromatic heterocycles. The van der Waals surface area contributed by atoms with E-state index in [0.717, 1.165) is 63.3 Å². The molecule has 2 saturated heterocycles. The van der Waals surface area contributed by atoms with Crippen LogP contribution < -0.4 is 10.6 Å². The fraction of sp³-hybridized carbons (Fsp3) is 0.708. The molecular formula is C24H40FN5O. The van der Waals surface area contributed by atoms with Gasteiger partial charge < -0.3 is 20.3 Å². The molecule has 2 N–H and O–H groups in total. The van der Waals surface area contributed by atoms with E-state index < -0.39 is 0 Å². The number of nitrogens with zero attached hydrogens (tertiary/aromatic N) is 3. The summed E-state index contributed by atoms with van der Waals surface area (Å²) in [6, 6.07) is 7.01. The zero-order valence-electron chi connectivity index (χ0n) is 19.3. The Bertz CT molecular complexity index is 654. The van der Waals surface area contributed by atoms with Crippen LogP contribution in [0, 0.1) is 11.7 Å². The summed E-state index contributed by atoms with van der Waals surface area (Å²) >= 11 is 0. The maximum Gasteiger partial charge on any atom is 0.191 e. The molecule has 31 heavy (non-hydrogen) atoms. The van der Waals surface area contributed by atoms with Crippen molar-refractivity contribution in [2.45, 2.75) is 38.6 Å². The summed E-state index contributed by atoms with van der Waals surface area (Å²) in [7, 11) is 1.81. The Balaban J connectivity index is 1.41. The third-order valence-electron chi connectivity index (χ3n) is 6.50. The van der Waals surface area contributed by atoms with Crippen molar-refractivity contribution in [2.75, 3.05) is 66.1 Å². The minimum absolute atomic E-state index is 0.157. The van der Waals surface area contributed by atoms with Crippen molar-refractivity contribution in [2.24, 2.45) is 10.9 Å².